The Balaban J connectivity index is 1.26. The first kappa shape index (κ1) is 17.3. The summed E-state index contributed by atoms with van der Waals surface area (Å²) < 4.78 is 4.69. The number of aromatic nitrogens is 2. The number of anilines is 2. The lowest BCUT2D eigenvalue weighted by molar-refractivity contribution is 0.192. The van der Waals surface area contributed by atoms with Crippen LogP contribution in [0.15, 0.2) is 53.2 Å². The second kappa shape index (κ2) is 6.95. The summed E-state index contributed by atoms with van der Waals surface area (Å²) in [6.45, 7) is 4.39. The van der Waals surface area contributed by atoms with Gasteiger partial charge in [-0.25, -0.2) is 4.63 Å². The van der Waals surface area contributed by atoms with Crippen molar-refractivity contribution in [1.82, 2.24) is 15.2 Å². The van der Waals surface area contributed by atoms with Crippen molar-refractivity contribution in [3.63, 3.8) is 0 Å². The van der Waals surface area contributed by atoms with Gasteiger partial charge in [0.25, 0.3) is 0 Å². The Labute approximate surface area is 164 Å². The predicted octanol–water partition coefficient (Wildman–Crippen LogP) is 3.70. The van der Waals surface area contributed by atoms with Crippen LogP contribution in [0.3, 0.4) is 0 Å². The van der Waals surface area contributed by atoms with Crippen LogP contribution < -0.4 is 11.1 Å². The van der Waals surface area contributed by atoms with E-state index in [9.17, 15) is 0 Å². The molecule has 0 spiro atoms. The zero-order chi connectivity index (χ0) is 19.1. The summed E-state index contributed by atoms with van der Waals surface area (Å²) in [6, 6.07) is 18.2. The van der Waals surface area contributed by atoms with Gasteiger partial charge in [0.2, 0.25) is 0 Å². The Morgan fingerprint density at radius 1 is 1.07 bits per heavy atom. The molecule has 1 aromatic heterocycles. The highest BCUT2D eigenvalue weighted by molar-refractivity contribution is 5.70. The van der Waals surface area contributed by atoms with Crippen molar-refractivity contribution in [3.05, 3.63) is 59.7 Å². The monoisotopic (exact) mass is 375 g/mol. The number of benzene rings is 2. The fraction of sp³-hybridized carbons (Fsp3) is 0.364. The highest BCUT2D eigenvalue weighted by Gasteiger charge is 2.44. The number of nitrogens with zero attached hydrogens (tertiary/aromatic N) is 3. The maximum Gasteiger partial charge on any atom is 0.196 e. The van der Waals surface area contributed by atoms with Crippen molar-refractivity contribution in [3.8, 4) is 11.3 Å². The SMILES string of the molecule is Cc1ccc(CN2C[C@@H]3C[C@H](Nc4ccc(-c5nonc5N)cc4)[C@H]2C3)cc1. The number of rotatable bonds is 5. The fourth-order valence-corrected chi connectivity index (χ4v) is 4.74. The standard InChI is InChI=1S/C22H25N5O/c1-14-2-4-15(5-3-14)12-27-13-16-10-19(20(27)11-16)24-18-8-6-17(7-9-18)21-22(23)26-28-25-21/h2-9,16,19-20,24H,10-13H2,1H3,(H2,23,26)/t16-,19+,20-/m1/s1. The molecule has 0 unspecified atom stereocenters. The van der Waals surface area contributed by atoms with Gasteiger partial charge in [0.15, 0.2) is 11.5 Å². The van der Waals surface area contributed by atoms with E-state index >= 15 is 0 Å². The van der Waals surface area contributed by atoms with Gasteiger partial charge in [-0.1, -0.05) is 42.0 Å². The molecular formula is C22H25N5O. The smallest absolute Gasteiger partial charge is 0.196 e. The van der Waals surface area contributed by atoms with Crippen LogP contribution in [0.5, 0.6) is 0 Å². The number of piperidine rings is 1. The summed E-state index contributed by atoms with van der Waals surface area (Å²) in [5.74, 6) is 1.12. The molecule has 1 aliphatic heterocycles. The number of nitrogens with two attached hydrogens (primary N) is 1. The minimum Gasteiger partial charge on any atom is -0.381 e. The minimum absolute atomic E-state index is 0.320. The number of aryl methyl sites for hydroxylation is 1. The number of nitrogen functional groups attached to an aromatic ring is 1. The van der Waals surface area contributed by atoms with Crippen molar-refractivity contribution < 1.29 is 4.63 Å². The number of likely N-dealkylation sites (tertiary alicyclic amines) is 1. The van der Waals surface area contributed by atoms with Gasteiger partial charge in [-0.2, -0.15) is 0 Å². The van der Waals surface area contributed by atoms with Gasteiger partial charge in [-0.3, -0.25) is 4.90 Å². The van der Waals surface area contributed by atoms with Gasteiger partial charge in [-0.15, -0.1) is 0 Å². The van der Waals surface area contributed by atoms with E-state index in [1.165, 1.54) is 30.5 Å². The predicted molar refractivity (Wildman–Crippen MR) is 110 cm³/mol. The number of hydrogen-bond donors (Lipinski definition) is 2. The van der Waals surface area contributed by atoms with E-state index in [1.54, 1.807) is 0 Å². The van der Waals surface area contributed by atoms with E-state index in [4.69, 9.17) is 10.4 Å². The van der Waals surface area contributed by atoms with E-state index in [2.05, 4.69) is 63.9 Å². The van der Waals surface area contributed by atoms with Gasteiger partial charge in [0.1, 0.15) is 0 Å². The Bertz CT molecular complexity index is 950. The quantitative estimate of drug-likeness (QED) is 0.708. The summed E-state index contributed by atoms with van der Waals surface area (Å²) in [6.07, 6.45) is 2.54. The van der Waals surface area contributed by atoms with Crippen LogP contribution in [0.2, 0.25) is 0 Å². The van der Waals surface area contributed by atoms with E-state index in [1.807, 2.05) is 12.1 Å². The zero-order valence-electron chi connectivity index (χ0n) is 16.0. The molecule has 144 valence electrons. The highest BCUT2D eigenvalue weighted by Crippen LogP contribution is 2.40. The highest BCUT2D eigenvalue weighted by atomic mass is 16.6. The van der Waals surface area contributed by atoms with Crippen LogP contribution in [-0.2, 0) is 6.54 Å². The lowest BCUT2D eigenvalue weighted by Crippen LogP contribution is -2.44. The van der Waals surface area contributed by atoms with Crippen molar-refractivity contribution in [2.45, 2.75) is 38.4 Å². The Kier molecular flexibility index (Phi) is 4.28. The molecule has 5 rings (SSSR count). The number of nitrogens with one attached hydrogen (secondary N) is 1. The molecule has 0 amide bonds. The topological polar surface area (TPSA) is 80.2 Å². The minimum atomic E-state index is 0.320. The van der Waals surface area contributed by atoms with Gasteiger partial charge >= 0.3 is 0 Å². The Morgan fingerprint density at radius 3 is 2.54 bits per heavy atom. The molecule has 0 radical (unpaired) electrons. The molecule has 2 fully saturated rings. The second-order valence-electron chi connectivity index (χ2n) is 8.15. The van der Waals surface area contributed by atoms with Crippen molar-refractivity contribution in [1.29, 1.82) is 0 Å². The molecule has 3 N–H and O–H groups in total. The van der Waals surface area contributed by atoms with Crippen LogP contribution >= 0.6 is 0 Å². The van der Waals surface area contributed by atoms with Crippen LogP contribution in [-0.4, -0.2) is 33.8 Å². The van der Waals surface area contributed by atoms with Gasteiger partial charge < -0.3 is 11.1 Å². The summed E-state index contributed by atoms with van der Waals surface area (Å²) in [5, 5.41) is 11.3. The van der Waals surface area contributed by atoms with Crippen molar-refractivity contribution in [2.75, 3.05) is 17.6 Å². The fourth-order valence-electron chi connectivity index (χ4n) is 4.74. The molecule has 6 heteroatoms. The lowest BCUT2D eigenvalue weighted by atomic mass is 10.0. The largest absolute Gasteiger partial charge is 0.381 e. The molecule has 1 aliphatic carbocycles. The third-order valence-electron chi connectivity index (χ3n) is 6.12. The first-order chi connectivity index (χ1) is 13.7. The maximum atomic E-state index is 5.78. The molecule has 1 saturated heterocycles. The first-order valence-electron chi connectivity index (χ1n) is 9.90. The number of hydrogen-bond acceptors (Lipinski definition) is 6. The second-order valence-corrected chi connectivity index (χ2v) is 8.15. The third kappa shape index (κ3) is 3.24. The average Bonchev–Trinajstić information content (AvgIpc) is 3.40. The van der Waals surface area contributed by atoms with Gasteiger partial charge in [0.05, 0.1) is 0 Å². The normalized spacial score (nSPS) is 24.0. The van der Waals surface area contributed by atoms with Gasteiger partial charge in [0, 0.05) is 36.4 Å². The Morgan fingerprint density at radius 2 is 1.86 bits per heavy atom. The van der Waals surface area contributed by atoms with Crippen molar-refractivity contribution in [2.24, 2.45) is 5.92 Å². The van der Waals surface area contributed by atoms with E-state index in [-0.39, 0.29) is 0 Å². The third-order valence-corrected chi connectivity index (χ3v) is 6.12. The average molecular weight is 375 g/mol. The molecule has 2 aromatic carbocycles. The van der Waals surface area contributed by atoms with Crippen molar-refractivity contribution >= 4 is 11.5 Å². The van der Waals surface area contributed by atoms with Crippen LogP contribution in [0.1, 0.15) is 24.0 Å². The summed E-state index contributed by atoms with van der Waals surface area (Å²) in [7, 11) is 0. The zero-order valence-corrected chi connectivity index (χ0v) is 16.0. The van der Waals surface area contributed by atoms with Crippen LogP contribution in [0.25, 0.3) is 11.3 Å². The number of fused-ring (bicyclic) bond motifs is 2. The molecule has 2 bridgehead atoms. The van der Waals surface area contributed by atoms with E-state index < -0.39 is 0 Å². The molecule has 28 heavy (non-hydrogen) atoms. The maximum absolute atomic E-state index is 5.78. The molecule has 1 saturated carbocycles. The molecular weight excluding hydrogens is 350 g/mol. The molecule has 3 atom stereocenters. The van der Waals surface area contributed by atoms with Gasteiger partial charge in [-0.05, 0) is 53.7 Å². The lowest BCUT2D eigenvalue weighted by Gasteiger charge is -2.34. The van der Waals surface area contributed by atoms with Crippen LogP contribution in [0, 0.1) is 12.8 Å². The summed E-state index contributed by atoms with van der Waals surface area (Å²) in [4.78, 5) is 2.65. The molecule has 2 heterocycles. The first-order valence-corrected chi connectivity index (χ1v) is 9.90. The summed E-state index contributed by atoms with van der Waals surface area (Å²) in [5.41, 5.74) is 11.1. The molecule has 3 aromatic rings. The molecule has 2 aliphatic rings. The van der Waals surface area contributed by atoms with E-state index in [0.717, 1.165) is 23.7 Å². The molecule has 6 nitrogen and oxygen atoms in total. The van der Waals surface area contributed by atoms with E-state index in [0.29, 0.717) is 23.6 Å². The van der Waals surface area contributed by atoms with Crippen LogP contribution in [0.4, 0.5) is 11.5 Å². The summed E-state index contributed by atoms with van der Waals surface area (Å²) >= 11 is 0. The Hall–Kier alpha value is -2.86.